The number of carboxylic acid groups (broad SMARTS) is 1. The first-order chi connectivity index (χ1) is 16.0. The predicted octanol–water partition coefficient (Wildman–Crippen LogP) is 3.67. The minimum absolute atomic E-state index is 0.0537. The zero-order chi connectivity index (χ0) is 24.4. The molecule has 1 heterocycles. The molecule has 7 aliphatic rings. The minimum Gasteiger partial charge on any atom is -0.481 e. The van der Waals surface area contributed by atoms with Crippen LogP contribution in [0.15, 0.2) is 11.6 Å². The van der Waals surface area contributed by atoms with Crippen LogP contribution in [0, 0.1) is 57.7 Å². The van der Waals surface area contributed by atoms with Crippen LogP contribution in [-0.2, 0) is 14.4 Å². The van der Waals surface area contributed by atoms with E-state index in [1.807, 2.05) is 25.9 Å². The summed E-state index contributed by atoms with van der Waals surface area (Å²) in [4.78, 5) is 44.0. The van der Waals surface area contributed by atoms with Gasteiger partial charge in [-0.3, -0.25) is 19.3 Å². The summed E-state index contributed by atoms with van der Waals surface area (Å²) in [5.74, 6) is 0.443. The number of carbonyl (C=O) groups excluding carboxylic acids is 2. The minimum atomic E-state index is -0.698. The molecule has 6 nitrogen and oxygen atoms in total. The molecule has 1 spiro atoms. The number of allylic oxidation sites excluding steroid dienone is 2. The Morgan fingerprint density at radius 2 is 1.88 bits per heavy atom. The van der Waals surface area contributed by atoms with Gasteiger partial charge >= 0.3 is 5.97 Å². The van der Waals surface area contributed by atoms with Gasteiger partial charge in [0.2, 0.25) is 11.8 Å². The molecule has 1 aliphatic heterocycles. The van der Waals surface area contributed by atoms with E-state index in [4.69, 9.17) is 0 Å². The molecule has 0 aromatic heterocycles. The number of carboxylic acids is 1. The van der Waals surface area contributed by atoms with Crippen molar-refractivity contribution in [1.29, 1.82) is 0 Å². The van der Waals surface area contributed by atoms with Gasteiger partial charge in [0, 0.05) is 18.5 Å². The van der Waals surface area contributed by atoms with E-state index in [0.717, 1.165) is 38.5 Å². The number of likely N-dealkylation sites (tertiary alicyclic amines) is 1. The van der Waals surface area contributed by atoms with Crippen molar-refractivity contribution in [3.05, 3.63) is 11.6 Å². The number of aliphatic carboxylic acids is 1. The van der Waals surface area contributed by atoms with Crippen LogP contribution < -0.4 is 0 Å². The Labute approximate surface area is 203 Å². The van der Waals surface area contributed by atoms with E-state index in [2.05, 4.69) is 19.9 Å². The number of nitrogens with zero attached hydrogens (tertiary/aromatic N) is 2. The fourth-order valence-electron chi connectivity index (χ4n) is 10.4. The van der Waals surface area contributed by atoms with Crippen molar-refractivity contribution in [3.63, 3.8) is 0 Å². The van der Waals surface area contributed by atoms with Crippen molar-refractivity contribution in [2.45, 2.75) is 59.3 Å². The molecule has 10 unspecified atom stereocenters. The Hall–Kier alpha value is -1.69. The molecule has 10 atom stereocenters. The summed E-state index contributed by atoms with van der Waals surface area (Å²) in [6, 6.07) is 0. The second-order valence-electron chi connectivity index (χ2n) is 13.3. The third kappa shape index (κ3) is 2.49. The first-order valence-electron chi connectivity index (χ1n) is 13.4. The van der Waals surface area contributed by atoms with Crippen molar-refractivity contribution in [1.82, 2.24) is 9.80 Å². The average molecular weight is 469 g/mol. The lowest BCUT2D eigenvalue weighted by Gasteiger charge is -2.65. The highest BCUT2D eigenvalue weighted by Crippen LogP contribution is 2.76. The molecule has 1 N–H and O–H groups in total. The molecule has 6 heteroatoms. The highest BCUT2D eigenvalue weighted by molar-refractivity contribution is 6.06. The molecule has 6 aliphatic carbocycles. The molecule has 4 saturated carbocycles. The number of rotatable bonds is 4. The predicted molar refractivity (Wildman–Crippen MR) is 127 cm³/mol. The van der Waals surface area contributed by atoms with Crippen LogP contribution in [0.4, 0.5) is 0 Å². The van der Waals surface area contributed by atoms with Gasteiger partial charge in [-0.25, -0.2) is 0 Å². The fraction of sp³-hybridized carbons (Fsp3) is 0.821. The van der Waals surface area contributed by atoms with E-state index in [1.165, 1.54) is 5.57 Å². The maximum Gasteiger partial charge on any atom is 0.309 e. The van der Waals surface area contributed by atoms with Gasteiger partial charge < -0.3 is 10.0 Å². The number of hydrogen-bond acceptors (Lipinski definition) is 4. The van der Waals surface area contributed by atoms with E-state index in [-0.39, 0.29) is 52.2 Å². The zero-order valence-electron chi connectivity index (χ0n) is 21.3. The van der Waals surface area contributed by atoms with Crippen LogP contribution in [0.3, 0.4) is 0 Å². The highest BCUT2D eigenvalue weighted by Gasteiger charge is 2.74. The monoisotopic (exact) mass is 468 g/mol. The van der Waals surface area contributed by atoms with Gasteiger partial charge in [0.05, 0.1) is 17.3 Å². The second kappa shape index (κ2) is 6.96. The van der Waals surface area contributed by atoms with Gasteiger partial charge in [-0.1, -0.05) is 31.9 Å². The molecule has 2 amide bonds. The first-order valence-corrected chi connectivity index (χ1v) is 13.4. The van der Waals surface area contributed by atoms with Crippen molar-refractivity contribution in [3.8, 4) is 0 Å². The summed E-state index contributed by atoms with van der Waals surface area (Å²) in [7, 11) is 3.96. The van der Waals surface area contributed by atoms with Gasteiger partial charge in [-0.2, -0.15) is 0 Å². The van der Waals surface area contributed by atoms with Crippen molar-refractivity contribution in [2.75, 3.05) is 27.2 Å². The number of carbonyl (C=O) groups is 3. The van der Waals surface area contributed by atoms with E-state index < -0.39 is 11.4 Å². The molecule has 0 radical (unpaired) electrons. The second-order valence-corrected chi connectivity index (χ2v) is 13.3. The van der Waals surface area contributed by atoms with Gasteiger partial charge in [-0.15, -0.1) is 0 Å². The molecule has 186 valence electrons. The van der Waals surface area contributed by atoms with Crippen LogP contribution in [-0.4, -0.2) is 59.9 Å². The number of hydrogen-bond donors (Lipinski definition) is 1. The lowest BCUT2D eigenvalue weighted by molar-refractivity contribution is -0.181. The van der Waals surface area contributed by atoms with Gasteiger partial charge in [0.15, 0.2) is 0 Å². The molecular weight excluding hydrogens is 428 g/mol. The number of likely N-dealkylation sites (N-methyl/N-ethyl adjacent to an activating group) is 1. The Balaban J connectivity index is 1.46. The Bertz CT molecular complexity index is 1000. The molecule has 5 fully saturated rings. The van der Waals surface area contributed by atoms with Gasteiger partial charge in [-0.05, 0) is 88.1 Å². The summed E-state index contributed by atoms with van der Waals surface area (Å²) < 4.78 is 0. The topological polar surface area (TPSA) is 77.9 Å². The van der Waals surface area contributed by atoms with Crippen molar-refractivity contribution >= 4 is 17.8 Å². The van der Waals surface area contributed by atoms with Crippen LogP contribution in [0.5, 0.6) is 0 Å². The van der Waals surface area contributed by atoms with Crippen molar-refractivity contribution < 1.29 is 19.5 Å². The molecule has 1 saturated heterocycles. The standard InChI is InChI=1S/C28H40N2O4/c1-15-17-14-28-10-7-18-26(2,8-6-9-27(18,3)25(33)34)19(28)13-16(17)20(15)21-22(28)24(32)30(23(21)31)12-11-29(4)5/h14-16,18-22H,6-13H2,1-5H3,(H,33,34). The van der Waals surface area contributed by atoms with Crippen molar-refractivity contribution in [2.24, 2.45) is 57.7 Å². The maximum atomic E-state index is 14.1. The quantitative estimate of drug-likeness (QED) is 0.503. The average Bonchev–Trinajstić information content (AvgIpc) is 2.89. The molecule has 0 aromatic rings. The van der Waals surface area contributed by atoms with Gasteiger partial charge in [0.25, 0.3) is 0 Å². The van der Waals surface area contributed by atoms with Crippen LogP contribution in [0.1, 0.15) is 59.3 Å². The fourth-order valence-corrected chi connectivity index (χ4v) is 10.4. The molecule has 34 heavy (non-hydrogen) atoms. The normalized spacial score (nSPS) is 50.8. The summed E-state index contributed by atoms with van der Waals surface area (Å²) in [5, 5.41) is 10.3. The third-order valence-electron chi connectivity index (χ3n) is 11.9. The lowest BCUT2D eigenvalue weighted by Crippen LogP contribution is -2.61. The SMILES string of the molecule is CC1C2=CC34CCC5C(C)(C(=O)O)CCCC5(C)C3CC2C1C1C(=O)N(CCN(C)C)C(=O)C14. The summed E-state index contributed by atoms with van der Waals surface area (Å²) >= 11 is 0. The smallest absolute Gasteiger partial charge is 0.309 e. The third-order valence-corrected chi connectivity index (χ3v) is 11.9. The molecular formula is C28H40N2O4. The summed E-state index contributed by atoms with van der Waals surface area (Å²) in [6.07, 6.45) is 7.92. The zero-order valence-corrected chi connectivity index (χ0v) is 21.3. The van der Waals surface area contributed by atoms with E-state index in [9.17, 15) is 19.5 Å². The Morgan fingerprint density at radius 3 is 2.56 bits per heavy atom. The summed E-state index contributed by atoms with van der Waals surface area (Å²) in [5.41, 5.74) is 0.396. The Morgan fingerprint density at radius 1 is 1.15 bits per heavy atom. The molecule has 4 bridgehead atoms. The number of imide groups is 1. The number of amides is 2. The van der Waals surface area contributed by atoms with Crippen LogP contribution in [0.25, 0.3) is 0 Å². The van der Waals surface area contributed by atoms with E-state index in [1.54, 1.807) is 4.90 Å². The Kier molecular flexibility index (Phi) is 4.65. The van der Waals surface area contributed by atoms with E-state index in [0.29, 0.717) is 24.9 Å². The highest BCUT2D eigenvalue weighted by atomic mass is 16.4. The van der Waals surface area contributed by atoms with E-state index >= 15 is 0 Å². The maximum absolute atomic E-state index is 14.1. The molecule has 7 rings (SSSR count). The number of fused-ring (bicyclic) bond motifs is 1. The lowest BCUT2D eigenvalue weighted by atomic mass is 9.38. The molecule has 0 aromatic carbocycles. The van der Waals surface area contributed by atoms with Gasteiger partial charge in [0.1, 0.15) is 0 Å². The first kappa shape index (κ1) is 22.8. The summed E-state index contributed by atoms with van der Waals surface area (Å²) in [6.45, 7) is 7.74. The van der Waals surface area contributed by atoms with Crippen LogP contribution in [0.2, 0.25) is 0 Å². The van der Waals surface area contributed by atoms with Crippen LogP contribution >= 0.6 is 0 Å². The largest absolute Gasteiger partial charge is 0.481 e.